The number of hydrogen-bond acceptors (Lipinski definition) is 2. The summed E-state index contributed by atoms with van der Waals surface area (Å²) in [5, 5.41) is 3.34. The minimum atomic E-state index is 0.481. The molecule has 0 aromatic rings. The van der Waals surface area contributed by atoms with E-state index in [9.17, 15) is 0 Å². The Labute approximate surface area is 86.1 Å². The zero-order valence-electron chi connectivity index (χ0n) is 8.44. The molecule has 1 aliphatic rings. The Balaban J connectivity index is 2.34. The molecule has 1 fully saturated rings. The molecule has 0 aromatic heterocycles. The molecule has 0 atom stereocenters. The SMILES string of the molecule is C#CCNCC1(SC)CCCCC1. The lowest BCUT2D eigenvalue weighted by atomic mass is 9.88. The summed E-state index contributed by atoms with van der Waals surface area (Å²) in [5.74, 6) is 2.63. The summed E-state index contributed by atoms with van der Waals surface area (Å²) in [6.45, 7) is 1.79. The highest BCUT2D eigenvalue weighted by molar-refractivity contribution is 8.00. The van der Waals surface area contributed by atoms with Gasteiger partial charge in [-0.1, -0.05) is 25.2 Å². The summed E-state index contributed by atoms with van der Waals surface area (Å²) in [7, 11) is 0. The van der Waals surface area contributed by atoms with Crippen LogP contribution >= 0.6 is 11.8 Å². The lowest BCUT2D eigenvalue weighted by molar-refractivity contribution is 0.385. The minimum absolute atomic E-state index is 0.481. The van der Waals surface area contributed by atoms with Crippen molar-refractivity contribution in [2.24, 2.45) is 0 Å². The van der Waals surface area contributed by atoms with Gasteiger partial charge in [-0.15, -0.1) is 6.42 Å². The molecule has 2 heteroatoms. The molecule has 1 rings (SSSR count). The first-order valence-corrected chi connectivity index (χ1v) is 6.25. The smallest absolute Gasteiger partial charge is 0.0574 e. The van der Waals surface area contributed by atoms with Gasteiger partial charge in [0.15, 0.2) is 0 Å². The van der Waals surface area contributed by atoms with Crippen LogP contribution in [0.1, 0.15) is 32.1 Å². The second-order valence-corrected chi connectivity index (χ2v) is 5.03. The first-order chi connectivity index (χ1) is 6.33. The van der Waals surface area contributed by atoms with Gasteiger partial charge in [-0.2, -0.15) is 11.8 Å². The Hall–Kier alpha value is -0.130. The summed E-state index contributed by atoms with van der Waals surface area (Å²) in [5.41, 5.74) is 0. The summed E-state index contributed by atoms with van der Waals surface area (Å²) < 4.78 is 0.481. The highest BCUT2D eigenvalue weighted by Crippen LogP contribution is 2.37. The molecule has 0 bridgehead atoms. The molecule has 74 valence electrons. The predicted molar refractivity (Wildman–Crippen MR) is 61.0 cm³/mol. The van der Waals surface area contributed by atoms with Crippen molar-refractivity contribution in [2.45, 2.75) is 36.9 Å². The van der Waals surface area contributed by atoms with E-state index in [-0.39, 0.29) is 0 Å². The van der Waals surface area contributed by atoms with E-state index >= 15 is 0 Å². The van der Waals surface area contributed by atoms with Gasteiger partial charge in [0, 0.05) is 11.3 Å². The lowest BCUT2D eigenvalue weighted by Gasteiger charge is -2.35. The predicted octanol–water partition coefficient (Wildman–Crippen LogP) is 2.28. The molecule has 1 N–H and O–H groups in total. The van der Waals surface area contributed by atoms with E-state index in [1.807, 2.05) is 11.8 Å². The Kier molecular flexibility index (Phi) is 4.69. The molecule has 1 nitrogen and oxygen atoms in total. The van der Waals surface area contributed by atoms with Crippen molar-refractivity contribution in [1.29, 1.82) is 0 Å². The third kappa shape index (κ3) is 3.25. The summed E-state index contributed by atoms with van der Waals surface area (Å²) in [6.07, 6.45) is 14.3. The molecule has 0 aliphatic heterocycles. The zero-order valence-corrected chi connectivity index (χ0v) is 9.25. The molecule has 1 aliphatic carbocycles. The van der Waals surface area contributed by atoms with E-state index < -0.39 is 0 Å². The van der Waals surface area contributed by atoms with Crippen molar-refractivity contribution < 1.29 is 0 Å². The molecule has 0 aromatic carbocycles. The first kappa shape index (κ1) is 10.9. The van der Waals surface area contributed by atoms with Gasteiger partial charge in [0.05, 0.1) is 6.54 Å². The van der Waals surface area contributed by atoms with Crippen LogP contribution in [-0.2, 0) is 0 Å². The van der Waals surface area contributed by atoms with E-state index in [4.69, 9.17) is 6.42 Å². The van der Waals surface area contributed by atoms with Gasteiger partial charge >= 0.3 is 0 Å². The van der Waals surface area contributed by atoms with Crippen LogP contribution in [0.4, 0.5) is 0 Å². The molecule has 0 spiro atoms. The average Bonchev–Trinajstić information content (AvgIpc) is 2.20. The van der Waals surface area contributed by atoms with Crippen LogP contribution in [0.2, 0.25) is 0 Å². The molecule has 0 unspecified atom stereocenters. The zero-order chi connectivity index (χ0) is 9.57. The summed E-state index contributed by atoms with van der Waals surface area (Å²) in [4.78, 5) is 0. The van der Waals surface area contributed by atoms with Crippen molar-refractivity contribution in [2.75, 3.05) is 19.3 Å². The van der Waals surface area contributed by atoms with Crippen molar-refractivity contribution in [3.63, 3.8) is 0 Å². The number of hydrogen-bond donors (Lipinski definition) is 1. The third-order valence-electron chi connectivity index (χ3n) is 2.87. The van der Waals surface area contributed by atoms with Crippen molar-refractivity contribution in [3.8, 4) is 12.3 Å². The molecular weight excluding hydrogens is 178 g/mol. The summed E-state index contributed by atoms with van der Waals surface area (Å²) >= 11 is 2.01. The number of rotatable bonds is 4. The van der Waals surface area contributed by atoms with Gasteiger partial charge in [0.1, 0.15) is 0 Å². The fourth-order valence-corrected chi connectivity index (χ4v) is 2.95. The van der Waals surface area contributed by atoms with Gasteiger partial charge in [-0.3, -0.25) is 0 Å². The quantitative estimate of drug-likeness (QED) is 0.548. The van der Waals surface area contributed by atoms with Crippen LogP contribution < -0.4 is 5.32 Å². The molecule has 0 radical (unpaired) electrons. The highest BCUT2D eigenvalue weighted by atomic mass is 32.2. The van der Waals surface area contributed by atoms with E-state index in [1.165, 1.54) is 32.1 Å². The van der Waals surface area contributed by atoms with Gasteiger partial charge in [0.2, 0.25) is 0 Å². The largest absolute Gasteiger partial charge is 0.305 e. The van der Waals surface area contributed by atoms with Crippen LogP contribution in [0.15, 0.2) is 0 Å². The van der Waals surface area contributed by atoms with Crippen molar-refractivity contribution in [1.82, 2.24) is 5.32 Å². The minimum Gasteiger partial charge on any atom is -0.305 e. The second-order valence-electron chi connectivity index (χ2n) is 3.76. The normalized spacial score (nSPS) is 20.9. The Bertz CT molecular complexity index is 177. The lowest BCUT2D eigenvalue weighted by Crippen LogP contribution is -2.39. The van der Waals surface area contributed by atoms with Gasteiger partial charge in [-0.25, -0.2) is 0 Å². The van der Waals surface area contributed by atoms with E-state index in [2.05, 4.69) is 17.5 Å². The van der Waals surface area contributed by atoms with Crippen molar-refractivity contribution >= 4 is 11.8 Å². The third-order valence-corrected chi connectivity index (χ3v) is 4.29. The maximum atomic E-state index is 5.21. The maximum Gasteiger partial charge on any atom is 0.0574 e. The molecule has 1 saturated carbocycles. The van der Waals surface area contributed by atoms with Gasteiger partial charge in [-0.05, 0) is 19.1 Å². The Morgan fingerprint density at radius 2 is 2.08 bits per heavy atom. The first-order valence-electron chi connectivity index (χ1n) is 5.02. The van der Waals surface area contributed by atoms with Crippen LogP contribution in [-0.4, -0.2) is 24.1 Å². The fraction of sp³-hybridized carbons (Fsp3) is 0.818. The number of nitrogens with one attached hydrogen (secondary N) is 1. The fourth-order valence-electron chi connectivity index (χ4n) is 2.01. The van der Waals surface area contributed by atoms with Gasteiger partial charge < -0.3 is 5.32 Å². The highest BCUT2D eigenvalue weighted by Gasteiger charge is 2.30. The molecular formula is C11H19NS. The van der Waals surface area contributed by atoms with Crippen molar-refractivity contribution in [3.05, 3.63) is 0 Å². The average molecular weight is 197 g/mol. The van der Waals surface area contributed by atoms with Gasteiger partial charge in [0.25, 0.3) is 0 Å². The summed E-state index contributed by atoms with van der Waals surface area (Å²) in [6, 6.07) is 0. The van der Waals surface area contributed by atoms with Crippen LogP contribution in [0.5, 0.6) is 0 Å². The standard InChI is InChI=1S/C11H19NS/c1-3-9-12-10-11(13-2)7-5-4-6-8-11/h1,12H,4-10H2,2H3. The molecule has 0 amide bonds. The second kappa shape index (κ2) is 5.57. The number of thioether (sulfide) groups is 1. The maximum absolute atomic E-state index is 5.21. The Morgan fingerprint density at radius 3 is 2.62 bits per heavy atom. The molecule has 0 saturated heterocycles. The van der Waals surface area contributed by atoms with E-state index in [1.54, 1.807) is 0 Å². The van der Waals surface area contributed by atoms with E-state index in [0.717, 1.165) is 6.54 Å². The Morgan fingerprint density at radius 1 is 1.38 bits per heavy atom. The molecule has 0 heterocycles. The topological polar surface area (TPSA) is 12.0 Å². The monoisotopic (exact) mass is 197 g/mol. The van der Waals surface area contributed by atoms with Crippen LogP contribution in [0, 0.1) is 12.3 Å². The van der Waals surface area contributed by atoms with Crippen LogP contribution in [0.3, 0.4) is 0 Å². The number of terminal acetylenes is 1. The van der Waals surface area contributed by atoms with Crippen LogP contribution in [0.25, 0.3) is 0 Å². The molecule has 13 heavy (non-hydrogen) atoms. The van der Waals surface area contributed by atoms with E-state index in [0.29, 0.717) is 11.3 Å².